The minimum absolute atomic E-state index is 0.222. The van der Waals surface area contributed by atoms with Crippen molar-refractivity contribution in [3.8, 4) is 0 Å². The normalized spacial score (nSPS) is 16.9. The number of aryl methyl sites for hydroxylation is 1. The van der Waals surface area contributed by atoms with E-state index in [0.29, 0.717) is 12.6 Å². The predicted octanol–water partition coefficient (Wildman–Crippen LogP) is 2.03. The second kappa shape index (κ2) is 7.46. The fourth-order valence-electron chi connectivity index (χ4n) is 2.63. The van der Waals surface area contributed by atoms with Crippen molar-refractivity contribution in [2.24, 2.45) is 0 Å². The van der Waals surface area contributed by atoms with Crippen LogP contribution in [0.2, 0.25) is 0 Å². The first-order valence-electron chi connectivity index (χ1n) is 7.93. The highest BCUT2D eigenvalue weighted by Crippen LogP contribution is 2.20. The fraction of sp³-hybridized carbons (Fsp3) is 0.588. The van der Waals surface area contributed by atoms with Gasteiger partial charge in [-0.15, -0.1) is 0 Å². The molecule has 116 valence electrons. The molecule has 2 rings (SSSR count). The topological polar surface area (TPSA) is 35.6 Å². The van der Waals surface area contributed by atoms with Gasteiger partial charge in [0, 0.05) is 37.9 Å². The van der Waals surface area contributed by atoms with Crippen molar-refractivity contribution >= 4 is 11.6 Å². The largest absolute Gasteiger partial charge is 0.368 e. The quantitative estimate of drug-likeness (QED) is 0.901. The maximum atomic E-state index is 12.2. The van der Waals surface area contributed by atoms with Crippen molar-refractivity contribution in [3.63, 3.8) is 0 Å². The van der Waals surface area contributed by atoms with E-state index < -0.39 is 0 Å². The lowest BCUT2D eigenvalue weighted by molar-refractivity contribution is -0.130. The number of hydrogen-bond acceptors (Lipinski definition) is 3. The van der Waals surface area contributed by atoms with Gasteiger partial charge in [-0.25, -0.2) is 0 Å². The average Bonchev–Trinajstić information content (AvgIpc) is 2.53. The fourth-order valence-corrected chi connectivity index (χ4v) is 2.63. The summed E-state index contributed by atoms with van der Waals surface area (Å²) in [7, 11) is 0. The predicted molar refractivity (Wildman–Crippen MR) is 87.7 cm³/mol. The van der Waals surface area contributed by atoms with Crippen LogP contribution in [0.1, 0.15) is 25.8 Å². The van der Waals surface area contributed by atoms with Crippen LogP contribution >= 0.6 is 0 Å². The number of rotatable bonds is 5. The molecule has 1 aromatic rings. The molecule has 21 heavy (non-hydrogen) atoms. The molecular weight excluding hydrogens is 262 g/mol. The number of anilines is 1. The van der Waals surface area contributed by atoms with Gasteiger partial charge in [0.15, 0.2) is 0 Å². The van der Waals surface area contributed by atoms with Crippen LogP contribution < -0.4 is 10.2 Å². The second-order valence-electron chi connectivity index (χ2n) is 5.84. The summed E-state index contributed by atoms with van der Waals surface area (Å²) in [5.74, 6) is 0.222. The summed E-state index contributed by atoms with van der Waals surface area (Å²) in [6, 6.07) is 8.86. The van der Waals surface area contributed by atoms with E-state index in [1.54, 1.807) is 0 Å². The van der Waals surface area contributed by atoms with E-state index in [-0.39, 0.29) is 5.91 Å². The molecule has 1 aromatic carbocycles. The van der Waals surface area contributed by atoms with Gasteiger partial charge in [-0.3, -0.25) is 4.79 Å². The van der Waals surface area contributed by atoms with Crippen LogP contribution in [0.5, 0.6) is 0 Å². The molecule has 1 fully saturated rings. The van der Waals surface area contributed by atoms with E-state index >= 15 is 0 Å². The van der Waals surface area contributed by atoms with Gasteiger partial charge in [0.1, 0.15) is 0 Å². The summed E-state index contributed by atoms with van der Waals surface area (Å²) >= 11 is 0. The molecule has 0 spiro atoms. The van der Waals surface area contributed by atoms with Crippen molar-refractivity contribution in [3.05, 3.63) is 29.8 Å². The van der Waals surface area contributed by atoms with Crippen LogP contribution in [0.4, 0.5) is 5.69 Å². The third-order valence-corrected chi connectivity index (χ3v) is 4.30. The number of benzene rings is 1. The molecule has 1 saturated heterocycles. The Morgan fingerprint density at radius 3 is 2.52 bits per heavy atom. The van der Waals surface area contributed by atoms with Crippen LogP contribution in [-0.2, 0) is 4.79 Å². The first kappa shape index (κ1) is 15.8. The number of piperazine rings is 1. The molecular formula is C17H27N3O. The molecule has 4 nitrogen and oxygen atoms in total. The van der Waals surface area contributed by atoms with Crippen molar-refractivity contribution < 1.29 is 4.79 Å². The Bertz CT molecular complexity index is 467. The number of hydrogen-bond donors (Lipinski definition) is 1. The molecule has 1 N–H and O–H groups in total. The minimum atomic E-state index is 0.222. The SMILES string of the molecule is CCC(C)NCC(=O)N1CCN(c2ccccc2C)CC1. The monoisotopic (exact) mass is 289 g/mol. The van der Waals surface area contributed by atoms with Gasteiger partial charge < -0.3 is 15.1 Å². The molecule has 1 unspecified atom stereocenters. The molecule has 0 saturated carbocycles. The van der Waals surface area contributed by atoms with Crippen LogP contribution in [0.15, 0.2) is 24.3 Å². The van der Waals surface area contributed by atoms with Crippen LogP contribution in [0, 0.1) is 6.92 Å². The molecule has 0 aromatic heterocycles. The molecule has 4 heteroatoms. The third-order valence-electron chi connectivity index (χ3n) is 4.30. The van der Waals surface area contributed by atoms with Crippen molar-refractivity contribution in [2.45, 2.75) is 33.2 Å². The Morgan fingerprint density at radius 2 is 1.90 bits per heavy atom. The van der Waals surface area contributed by atoms with Crippen LogP contribution in [0.3, 0.4) is 0 Å². The Balaban J connectivity index is 1.83. The van der Waals surface area contributed by atoms with Gasteiger partial charge in [-0.2, -0.15) is 0 Å². The molecule has 1 amide bonds. The lowest BCUT2D eigenvalue weighted by atomic mass is 10.1. The number of nitrogens with one attached hydrogen (secondary N) is 1. The standard InChI is InChI=1S/C17H27N3O/c1-4-15(3)18-13-17(21)20-11-9-19(10-12-20)16-8-6-5-7-14(16)2/h5-8,15,18H,4,9-13H2,1-3H3. The van der Waals surface area contributed by atoms with Crippen LogP contribution in [0.25, 0.3) is 0 Å². The molecule has 0 bridgehead atoms. The van der Waals surface area contributed by atoms with Gasteiger partial charge in [0.25, 0.3) is 0 Å². The Kier molecular flexibility index (Phi) is 5.62. The highest BCUT2D eigenvalue weighted by Gasteiger charge is 2.21. The zero-order valence-electron chi connectivity index (χ0n) is 13.4. The minimum Gasteiger partial charge on any atom is -0.368 e. The number of carbonyl (C=O) groups is 1. The van der Waals surface area contributed by atoms with Gasteiger partial charge in [0.05, 0.1) is 6.54 Å². The van der Waals surface area contributed by atoms with Crippen LogP contribution in [-0.4, -0.2) is 49.6 Å². The van der Waals surface area contributed by atoms with Gasteiger partial charge in [-0.1, -0.05) is 25.1 Å². The Morgan fingerprint density at radius 1 is 1.24 bits per heavy atom. The highest BCUT2D eigenvalue weighted by atomic mass is 16.2. The second-order valence-corrected chi connectivity index (χ2v) is 5.84. The van der Waals surface area contributed by atoms with E-state index in [1.165, 1.54) is 11.3 Å². The van der Waals surface area contributed by atoms with Crippen molar-refractivity contribution in [1.82, 2.24) is 10.2 Å². The highest BCUT2D eigenvalue weighted by molar-refractivity contribution is 5.78. The maximum absolute atomic E-state index is 12.2. The van der Waals surface area contributed by atoms with E-state index in [1.807, 2.05) is 4.90 Å². The molecule has 1 aliphatic rings. The molecule has 0 radical (unpaired) electrons. The number of para-hydroxylation sites is 1. The van der Waals surface area contributed by atoms with E-state index in [2.05, 4.69) is 55.3 Å². The Hall–Kier alpha value is -1.55. The number of amides is 1. The first-order chi connectivity index (χ1) is 10.1. The molecule has 1 heterocycles. The summed E-state index contributed by atoms with van der Waals surface area (Å²) in [6.07, 6.45) is 1.05. The maximum Gasteiger partial charge on any atom is 0.236 e. The molecule has 1 atom stereocenters. The molecule has 1 aliphatic heterocycles. The lowest BCUT2D eigenvalue weighted by Crippen LogP contribution is -2.51. The first-order valence-corrected chi connectivity index (χ1v) is 7.93. The number of nitrogens with zero attached hydrogens (tertiary/aromatic N) is 2. The third kappa shape index (κ3) is 4.21. The summed E-state index contributed by atoms with van der Waals surface area (Å²) in [5, 5.41) is 3.28. The van der Waals surface area contributed by atoms with Gasteiger partial charge >= 0.3 is 0 Å². The van der Waals surface area contributed by atoms with E-state index in [9.17, 15) is 4.79 Å². The summed E-state index contributed by atoms with van der Waals surface area (Å²) in [4.78, 5) is 16.5. The molecule has 0 aliphatic carbocycles. The summed E-state index contributed by atoms with van der Waals surface area (Å²) in [5.41, 5.74) is 2.60. The van der Waals surface area contributed by atoms with E-state index in [4.69, 9.17) is 0 Å². The smallest absolute Gasteiger partial charge is 0.236 e. The van der Waals surface area contributed by atoms with Gasteiger partial charge in [-0.05, 0) is 31.9 Å². The number of carbonyl (C=O) groups excluding carboxylic acids is 1. The lowest BCUT2D eigenvalue weighted by Gasteiger charge is -2.37. The average molecular weight is 289 g/mol. The summed E-state index contributed by atoms with van der Waals surface area (Å²) in [6.45, 7) is 10.3. The van der Waals surface area contributed by atoms with Crippen molar-refractivity contribution in [2.75, 3.05) is 37.6 Å². The zero-order valence-corrected chi connectivity index (χ0v) is 13.4. The summed E-state index contributed by atoms with van der Waals surface area (Å²) < 4.78 is 0. The van der Waals surface area contributed by atoms with Gasteiger partial charge in [0.2, 0.25) is 5.91 Å². The van der Waals surface area contributed by atoms with E-state index in [0.717, 1.165) is 32.6 Å². The Labute approximate surface area is 128 Å². The van der Waals surface area contributed by atoms with Crippen molar-refractivity contribution in [1.29, 1.82) is 0 Å². The zero-order chi connectivity index (χ0) is 15.2.